The van der Waals surface area contributed by atoms with Crippen molar-refractivity contribution in [2.24, 2.45) is 0 Å². The van der Waals surface area contributed by atoms with Crippen molar-refractivity contribution in [1.29, 1.82) is 0 Å². The normalized spacial score (nSPS) is 29.3. The van der Waals surface area contributed by atoms with E-state index >= 15 is 0 Å². The second-order valence-corrected chi connectivity index (χ2v) is 10.8. The summed E-state index contributed by atoms with van der Waals surface area (Å²) in [5, 5.41) is 3.21. The van der Waals surface area contributed by atoms with Crippen LogP contribution in [0.1, 0.15) is 6.42 Å². The molecule has 0 radical (unpaired) electrons. The number of nitrogens with zero attached hydrogens (tertiary/aromatic N) is 4. The van der Waals surface area contributed by atoms with Crippen LogP contribution in [0.25, 0.3) is 0 Å². The van der Waals surface area contributed by atoms with Crippen LogP contribution in [-0.4, -0.2) is 78.4 Å². The second-order valence-electron chi connectivity index (χ2n) is 8.52. The molecule has 6 nitrogen and oxygen atoms in total. The maximum absolute atomic E-state index is 6.66. The molecule has 2 unspecified atom stereocenters. The van der Waals surface area contributed by atoms with Crippen LogP contribution in [0.2, 0.25) is 5.02 Å². The Bertz CT molecular complexity index is 1030. The van der Waals surface area contributed by atoms with Crippen LogP contribution < -0.4 is 10.3 Å². The topological polar surface area (TPSA) is 34.2 Å². The number of hydrazine groups is 1. The summed E-state index contributed by atoms with van der Waals surface area (Å²) in [7, 11) is 0.0924. The molecule has 0 saturated carbocycles. The molecule has 2 saturated heterocycles. The SMILES string of the molecule is CS1=C2C(=CN(c3ccccc3Cl)CC3N(CN4CCOCC4)NCN23)C2=C1C=CC2. The summed E-state index contributed by atoms with van der Waals surface area (Å²) in [6.45, 7) is 6.21. The highest BCUT2D eigenvalue weighted by molar-refractivity contribution is 8.19. The Labute approximate surface area is 191 Å². The minimum Gasteiger partial charge on any atom is -0.379 e. The molecule has 6 rings (SSSR count). The summed E-state index contributed by atoms with van der Waals surface area (Å²) in [4.78, 5) is 10.4. The largest absolute Gasteiger partial charge is 0.379 e. The summed E-state index contributed by atoms with van der Waals surface area (Å²) < 4.78 is 5.55. The Balaban J connectivity index is 1.39. The number of nitrogens with one attached hydrogen (secondary N) is 1. The number of rotatable bonds is 3. The highest BCUT2D eigenvalue weighted by atomic mass is 35.5. The molecular formula is C23H28ClN5OS. The smallest absolute Gasteiger partial charge is 0.101 e. The van der Waals surface area contributed by atoms with E-state index in [4.69, 9.17) is 16.3 Å². The van der Waals surface area contributed by atoms with Gasteiger partial charge in [-0.25, -0.2) is 15.3 Å². The predicted molar refractivity (Wildman–Crippen MR) is 129 cm³/mol. The van der Waals surface area contributed by atoms with Gasteiger partial charge in [-0.05, 0) is 30.4 Å². The lowest BCUT2D eigenvalue weighted by Crippen LogP contribution is -2.53. The highest BCUT2D eigenvalue weighted by Crippen LogP contribution is 2.48. The number of benzene rings is 1. The number of morpholine rings is 1. The molecule has 4 heterocycles. The van der Waals surface area contributed by atoms with Gasteiger partial charge < -0.3 is 9.64 Å². The van der Waals surface area contributed by atoms with Gasteiger partial charge in [-0.2, -0.15) is 0 Å². The van der Waals surface area contributed by atoms with Crippen molar-refractivity contribution < 1.29 is 4.74 Å². The Hall–Kier alpha value is -1.45. The number of anilines is 1. The molecule has 0 aromatic heterocycles. The van der Waals surface area contributed by atoms with Crippen LogP contribution in [0.3, 0.4) is 0 Å². The molecule has 0 bridgehead atoms. The van der Waals surface area contributed by atoms with Crippen molar-refractivity contribution in [2.45, 2.75) is 12.6 Å². The third-order valence-corrected chi connectivity index (χ3v) is 9.15. The number of allylic oxidation sites excluding steroid dienone is 2. The maximum atomic E-state index is 6.66. The average molecular weight is 458 g/mol. The van der Waals surface area contributed by atoms with Gasteiger partial charge >= 0.3 is 0 Å². The van der Waals surface area contributed by atoms with Gasteiger partial charge in [0.25, 0.3) is 0 Å². The molecule has 1 aromatic carbocycles. The molecule has 0 spiro atoms. The van der Waals surface area contributed by atoms with E-state index in [1.807, 2.05) is 12.1 Å². The lowest BCUT2D eigenvalue weighted by molar-refractivity contribution is -0.00789. The first-order chi connectivity index (χ1) is 15.2. The van der Waals surface area contributed by atoms with Gasteiger partial charge in [0.2, 0.25) is 0 Å². The minimum absolute atomic E-state index is 0.0924. The molecular weight excluding hydrogens is 430 g/mol. The summed E-state index contributed by atoms with van der Waals surface area (Å²) in [6, 6.07) is 8.20. The summed E-state index contributed by atoms with van der Waals surface area (Å²) in [5.41, 5.74) is 7.66. The van der Waals surface area contributed by atoms with Crippen molar-refractivity contribution in [1.82, 2.24) is 20.2 Å². The third kappa shape index (κ3) is 3.43. The zero-order chi connectivity index (χ0) is 20.9. The van der Waals surface area contributed by atoms with E-state index < -0.39 is 0 Å². The monoisotopic (exact) mass is 457 g/mol. The van der Waals surface area contributed by atoms with E-state index in [0.717, 1.165) is 63.3 Å². The van der Waals surface area contributed by atoms with Crippen molar-refractivity contribution in [2.75, 3.05) is 57.3 Å². The molecule has 1 N–H and O–H groups in total. The zero-order valence-corrected chi connectivity index (χ0v) is 19.3. The van der Waals surface area contributed by atoms with Crippen LogP contribution in [0.4, 0.5) is 5.69 Å². The predicted octanol–water partition coefficient (Wildman–Crippen LogP) is 3.00. The summed E-state index contributed by atoms with van der Waals surface area (Å²) in [5.74, 6) is 0. The molecule has 5 aliphatic rings. The number of fused-ring (bicyclic) bond motifs is 4. The molecule has 1 aliphatic carbocycles. The number of para-hydroxylation sites is 1. The Kier molecular flexibility index (Phi) is 5.31. The van der Waals surface area contributed by atoms with Gasteiger partial charge in [-0.1, -0.05) is 35.9 Å². The number of halogens is 1. The summed E-state index contributed by atoms with van der Waals surface area (Å²) in [6.07, 6.45) is 10.7. The number of hydrogen-bond donors (Lipinski definition) is 1. The second kappa shape index (κ2) is 8.15. The first-order valence-corrected chi connectivity index (χ1v) is 12.9. The first-order valence-electron chi connectivity index (χ1n) is 10.9. The zero-order valence-electron chi connectivity index (χ0n) is 17.8. The molecule has 31 heavy (non-hydrogen) atoms. The van der Waals surface area contributed by atoms with Gasteiger partial charge in [0.1, 0.15) is 6.17 Å². The van der Waals surface area contributed by atoms with Crippen LogP contribution in [0.5, 0.6) is 0 Å². The van der Waals surface area contributed by atoms with Crippen LogP contribution >= 0.6 is 22.1 Å². The first kappa shape index (κ1) is 20.2. The van der Waals surface area contributed by atoms with E-state index in [-0.39, 0.29) is 16.6 Å². The third-order valence-electron chi connectivity index (χ3n) is 6.75. The average Bonchev–Trinajstić information content (AvgIpc) is 3.44. The Morgan fingerprint density at radius 2 is 2.06 bits per heavy atom. The fourth-order valence-electron chi connectivity index (χ4n) is 5.17. The van der Waals surface area contributed by atoms with E-state index in [1.165, 1.54) is 21.0 Å². The maximum Gasteiger partial charge on any atom is 0.101 e. The van der Waals surface area contributed by atoms with Crippen molar-refractivity contribution >= 4 is 32.8 Å². The van der Waals surface area contributed by atoms with Crippen LogP contribution in [-0.2, 0) is 4.74 Å². The van der Waals surface area contributed by atoms with Crippen molar-refractivity contribution in [3.63, 3.8) is 0 Å². The van der Waals surface area contributed by atoms with Gasteiger partial charge in [-0.15, -0.1) is 10.5 Å². The van der Waals surface area contributed by atoms with Crippen LogP contribution in [0, 0.1) is 0 Å². The van der Waals surface area contributed by atoms with E-state index in [0.29, 0.717) is 0 Å². The lowest BCUT2D eigenvalue weighted by atomic mass is 10.1. The molecule has 2 atom stereocenters. The number of hydrogen-bond acceptors (Lipinski definition) is 6. The molecule has 8 heteroatoms. The van der Waals surface area contributed by atoms with Crippen molar-refractivity contribution in [3.8, 4) is 0 Å². The Morgan fingerprint density at radius 3 is 2.90 bits per heavy atom. The fourth-order valence-corrected chi connectivity index (χ4v) is 7.53. The van der Waals surface area contributed by atoms with E-state index in [2.05, 4.69) is 61.9 Å². The van der Waals surface area contributed by atoms with Crippen LogP contribution in [0.15, 0.2) is 58.7 Å². The number of ether oxygens (including phenoxy) is 1. The molecule has 1 aromatic rings. The highest BCUT2D eigenvalue weighted by Gasteiger charge is 2.43. The lowest BCUT2D eigenvalue weighted by Gasteiger charge is -2.36. The molecule has 164 valence electrons. The van der Waals surface area contributed by atoms with E-state index in [9.17, 15) is 0 Å². The van der Waals surface area contributed by atoms with Crippen molar-refractivity contribution in [3.05, 3.63) is 63.7 Å². The van der Waals surface area contributed by atoms with Gasteiger partial charge in [-0.3, -0.25) is 4.90 Å². The standard InChI is InChI=1S/C23H28ClN5OS/c1-31-21-8-4-5-17(21)18-13-27(20-7-3-2-6-19(20)24)14-22-28(23(18)31)15-25-29(22)16-26-9-11-30-12-10-26/h2-4,6-8,13,22,25H,5,9-12,14-16H2,1H3. The van der Waals surface area contributed by atoms with Gasteiger partial charge in [0.15, 0.2) is 0 Å². The van der Waals surface area contributed by atoms with Gasteiger partial charge in [0.05, 0.1) is 48.8 Å². The van der Waals surface area contributed by atoms with Gasteiger partial charge in [0, 0.05) is 29.8 Å². The summed E-state index contributed by atoms with van der Waals surface area (Å²) >= 11 is 6.66. The van der Waals surface area contributed by atoms with E-state index in [1.54, 1.807) is 0 Å². The fraction of sp³-hybridized carbons (Fsp3) is 0.435. The molecule has 2 fully saturated rings. The molecule has 4 aliphatic heterocycles. The molecule has 0 amide bonds. The minimum atomic E-state index is 0.0924. The quantitative estimate of drug-likeness (QED) is 0.703. The Morgan fingerprint density at radius 1 is 1.23 bits per heavy atom.